The summed E-state index contributed by atoms with van der Waals surface area (Å²) in [5, 5.41) is 0. The van der Waals surface area contributed by atoms with E-state index < -0.39 is 7.60 Å². The Morgan fingerprint density at radius 3 is 1.60 bits per heavy atom. The van der Waals surface area contributed by atoms with Crippen LogP contribution in [0, 0.1) is 0 Å². The van der Waals surface area contributed by atoms with Crippen molar-refractivity contribution < 1.29 is 13.6 Å². The van der Waals surface area contributed by atoms with Gasteiger partial charge in [-0.3, -0.25) is 4.57 Å². The molecule has 0 atom stereocenters. The van der Waals surface area contributed by atoms with Crippen molar-refractivity contribution in [1.82, 2.24) is 0 Å². The van der Waals surface area contributed by atoms with E-state index in [0.29, 0.717) is 0 Å². The molecule has 2 aromatic rings. The first-order valence-electron chi connectivity index (χ1n) is 6.32. The molecule has 0 aromatic heterocycles. The van der Waals surface area contributed by atoms with Crippen molar-refractivity contribution in [3.8, 4) is 0 Å². The van der Waals surface area contributed by atoms with Gasteiger partial charge in [0.15, 0.2) is 0 Å². The molecule has 2 rings (SSSR count). The molecule has 104 valence electrons. The average molecular weight is 288 g/mol. The first-order chi connectivity index (χ1) is 9.72. The molecular formula is C16H17O3P. The molecule has 0 bridgehead atoms. The second-order valence-electron chi connectivity index (χ2n) is 4.24. The van der Waals surface area contributed by atoms with Crippen LogP contribution in [0.5, 0.6) is 0 Å². The fourth-order valence-corrected chi connectivity index (χ4v) is 2.56. The van der Waals surface area contributed by atoms with E-state index in [1.165, 1.54) is 5.82 Å². The normalized spacial score (nSPS) is 11.2. The van der Waals surface area contributed by atoms with Crippen LogP contribution in [0.4, 0.5) is 0 Å². The van der Waals surface area contributed by atoms with Gasteiger partial charge >= 0.3 is 7.60 Å². The van der Waals surface area contributed by atoms with Gasteiger partial charge in [-0.25, -0.2) is 0 Å². The lowest BCUT2D eigenvalue weighted by molar-refractivity contribution is 0.199. The quantitative estimate of drug-likeness (QED) is 0.689. The van der Waals surface area contributed by atoms with E-state index >= 15 is 0 Å². The van der Waals surface area contributed by atoms with Gasteiger partial charge < -0.3 is 9.05 Å². The minimum Gasteiger partial charge on any atom is -0.301 e. The molecule has 0 aliphatic carbocycles. The first-order valence-corrected chi connectivity index (χ1v) is 7.93. The molecule has 2 aromatic carbocycles. The summed E-state index contributed by atoms with van der Waals surface area (Å²) in [5.41, 5.74) is 1.88. The van der Waals surface area contributed by atoms with Crippen molar-refractivity contribution in [3.63, 3.8) is 0 Å². The smallest absolute Gasteiger partial charge is 0.301 e. The van der Waals surface area contributed by atoms with Crippen LogP contribution >= 0.6 is 7.60 Å². The van der Waals surface area contributed by atoms with Gasteiger partial charge in [-0.05, 0) is 11.1 Å². The Morgan fingerprint density at radius 2 is 1.25 bits per heavy atom. The summed E-state index contributed by atoms with van der Waals surface area (Å²) < 4.78 is 23.2. The Morgan fingerprint density at radius 1 is 0.850 bits per heavy atom. The summed E-state index contributed by atoms with van der Waals surface area (Å²) in [6.45, 7) is 4.01. The topological polar surface area (TPSA) is 35.5 Å². The molecule has 0 N–H and O–H groups in total. The van der Waals surface area contributed by atoms with Crippen molar-refractivity contribution in [2.45, 2.75) is 13.2 Å². The van der Waals surface area contributed by atoms with Gasteiger partial charge in [0.25, 0.3) is 0 Å². The fourth-order valence-electron chi connectivity index (χ4n) is 1.62. The van der Waals surface area contributed by atoms with E-state index in [2.05, 4.69) is 6.58 Å². The molecule has 0 fully saturated rings. The van der Waals surface area contributed by atoms with E-state index in [4.69, 9.17) is 9.05 Å². The van der Waals surface area contributed by atoms with E-state index in [9.17, 15) is 4.57 Å². The Bertz CT molecular complexity index is 534. The van der Waals surface area contributed by atoms with Crippen molar-refractivity contribution in [1.29, 1.82) is 0 Å². The highest BCUT2D eigenvalue weighted by molar-refractivity contribution is 7.57. The summed E-state index contributed by atoms with van der Waals surface area (Å²) in [6, 6.07) is 19.1. The third kappa shape index (κ3) is 4.46. The van der Waals surface area contributed by atoms with Crippen molar-refractivity contribution >= 4 is 7.60 Å². The third-order valence-electron chi connectivity index (χ3n) is 2.73. The van der Waals surface area contributed by atoms with E-state index in [-0.39, 0.29) is 13.2 Å². The molecule has 4 heteroatoms. The predicted octanol–water partition coefficient (Wildman–Crippen LogP) is 4.76. The highest BCUT2D eigenvalue weighted by Crippen LogP contribution is 2.50. The first kappa shape index (κ1) is 14.7. The summed E-state index contributed by atoms with van der Waals surface area (Å²) in [5.74, 6) is 1.25. The maximum absolute atomic E-state index is 12.4. The van der Waals surface area contributed by atoms with Crippen molar-refractivity contribution in [2.24, 2.45) is 0 Å². The molecule has 0 amide bonds. The Balaban J connectivity index is 1.92. The van der Waals surface area contributed by atoms with Crippen LogP contribution in [0.3, 0.4) is 0 Å². The van der Waals surface area contributed by atoms with Crippen molar-refractivity contribution in [3.05, 3.63) is 84.2 Å². The summed E-state index contributed by atoms with van der Waals surface area (Å²) >= 11 is 0. The lowest BCUT2D eigenvalue weighted by Crippen LogP contribution is -1.95. The molecule has 0 radical (unpaired) electrons. The highest BCUT2D eigenvalue weighted by Gasteiger charge is 2.20. The zero-order valence-corrected chi connectivity index (χ0v) is 12.0. The second-order valence-corrected chi connectivity index (χ2v) is 6.20. The fraction of sp³-hybridized carbons (Fsp3) is 0.125. The molecular weight excluding hydrogens is 271 g/mol. The van der Waals surface area contributed by atoms with Crippen LogP contribution < -0.4 is 0 Å². The predicted molar refractivity (Wildman–Crippen MR) is 80.3 cm³/mol. The number of hydrogen-bond acceptors (Lipinski definition) is 3. The van der Waals surface area contributed by atoms with Crippen molar-refractivity contribution in [2.75, 3.05) is 0 Å². The lowest BCUT2D eigenvalue weighted by atomic mass is 10.2. The minimum absolute atomic E-state index is 0.235. The van der Waals surface area contributed by atoms with Gasteiger partial charge in [0.05, 0.1) is 13.2 Å². The average Bonchev–Trinajstić information content (AvgIpc) is 2.53. The molecule has 0 aliphatic heterocycles. The standard InChI is InChI=1S/C16H17O3P/c1-2-20(17,18-13-15-9-5-3-6-10-15)19-14-16-11-7-4-8-12-16/h2-12H,1,13-14H2. The monoisotopic (exact) mass is 288 g/mol. The molecule has 0 saturated heterocycles. The van der Waals surface area contributed by atoms with E-state index in [0.717, 1.165) is 11.1 Å². The Hall–Kier alpha value is -1.67. The SMILES string of the molecule is C=CP(=O)(OCc1ccccc1)OCc1ccccc1. The molecule has 20 heavy (non-hydrogen) atoms. The van der Waals surface area contributed by atoms with Crippen LogP contribution in [-0.2, 0) is 26.8 Å². The maximum Gasteiger partial charge on any atom is 0.354 e. The van der Waals surface area contributed by atoms with Gasteiger partial charge in [0.1, 0.15) is 0 Å². The lowest BCUT2D eigenvalue weighted by Gasteiger charge is -2.15. The van der Waals surface area contributed by atoms with Gasteiger partial charge in [0.2, 0.25) is 0 Å². The molecule has 0 aliphatic rings. The van der Waals surface area contributed by atoms with Crippen LogP contribution in [0.2, 0.25) is 0 Å². The van der Waals surface area contributed by atoms with Gasteiger partial charge in [-0.15, -0.1) is 0 Å². The molecule has 3 nitrogen and oxygen atoms in total. The van der Waals surface area contributed by atoms with Gasteiger partial charge in [0, 0.05) is 5.82 Å². The zero-order valence-electron chi connectivity index (χ0n) is 11.1. The molecule has 0 unspecified atom stereocenters. The highest BCUT2D eigenvalue weighted by atomic mass is 31.2. The minimum atomic E-state index is -3.27. The van der Waals surface area contributed by atoms with Gasteiger partial charge in [-0.2, -0.15) is 0 Å². The molecule has 0 heterocycles. The molecule has 0 spiro atoms. The largest absolute Gasteiger partial charge is 0.354 e. The van der Waals surface area contributed by atoms with E-state index in [1.54, 1.807) is 0 Å². The Kier molecular flexibility index (Phi) is 5.31. The van der Waals surface area contributed by atoms with E-state index in [1.807, 2.05) is 60.7 Å². The third-order valence-corrected chi connectivity index (χ3v) is 4.16. The van der Waals surface area contributed by atoms with Crippen LogP contribution in [-0.4, -0.2) is 0 Å². The zero-order chi connectivity index (χ0) is 14.3. The second kappa shape index (κ2) is 7.20. The number of rotatable bonds is 7. The Labute approximate surface area is 119 Å². The number of hydrogen-bond donors (Lipinski definition) is 0. The maximum atomic E-state index is 12.4. The summed E-state index contributed by atoms with van der Waals surface area (Å²) in [4.78, 5) is 0. The van der Waals surface area contributed by atoms with Crippen LogP contribution in [0.15, 0.2) is 73.1 Å². The number of benzene rings is 2. The molecule has 0 saturated carbocycles. The van der Waals surface area contributed by atoms with Crippen LogP contribution in [0.25, 0.3) is 0 Å². The summed E-state index contributed by atoms with van der Waals surface area (Å²) in [7, 11) is -3.27. The van der Waals surface area contributed by atoms with Crippen LogP contribution in [0.1, 0.15) is 11.1 Å². The van der Waals surface area contributed by atoms with Gasteiger partial charge in [-0.1, -0.05) is 67.2 Å². The summed E-state index contributed by atoms with van der Waals surface area (Å²) in [6.07, 6.45) is 0.